The Morgan fingerprint density at radius 1 is 1.12 bits per heavy atom. The maximum absolute atomic E-state index is 4.43. The average molecular weight is 274 g/mol. The van der Waals surface area contributed by atoms with Crippen LogP contribution < -0.4 is 0 Å². The molecule has 0 radical (unpaired) electrons. The molecule has 0 atom stereocenters. The molecule has 0 unspecified atom stereocenters. The van der Waals surface area contributed by atoms with Crippen molar-refractivity contribution in [3.63, 3.8) is 0 Å². The van der Waals surface area contributed by atoms with Crippen LogP contribution in [0.2, 0.25) is 0 Å². The van der Waals surface area contributed by atoms with Gasteiger partial charge in [0, 0.05) is 28.6 Å². The molecule has 0 aliphatic heterocycles. The predicted molar refractivity (Wildman–Crippen MR) is 66.1 cm³/mol. The molecule has 4 heteroatoms. The Kier molecular flexibility index (Phi) is 2.22. The average Bonchev–Trinajstić information content (AvgIpc) is 2.75. The highest BCUT2D eigenvalue weighted by molar-refractivity contribution is 9.10. The van der Waals surface area contributed by atoms with Crippen molar-refractivity contribution in [1.29, 1.82) is 0 Å². The fourth-order valence-corrected chi connectivity index (χ4v) is 2.15. The van der Waals surface area contributed by atoms with Crippen molar-refractivity contribution in [3.8, 4) is 11.4 Å². The van der Waals surface area contributed by atoms with Crippen molar-refractivity contribution in [1.82, 2.24) is 14.4 Å². The number of rotatable bonds is 1. The van der Waals surface area contributed by atoms with Crippen LogP contribution in [-0.4, -0.2) is 14.4 Å². The molecule has 0 bridgehead atoms. The minimum absolute atomic E-state index is 0.929. The quantitative estimate of drug-likeness (QED) is 0.682. The van der Waals surface area contributed by atoms with Gasteiger partial charge >= 0.3 is 0 Å². The molecule has 3 rings (SSSR count). The molecule has 0 aliphatic carbocycles. The standard InChI is InChI=1S/C12H8BrN3/c13-10-2-1-7-16-11(10)8-15-12(16)9-3-5-14-6-4-9/h1-8H. The third-order valence-corrected chi connectivity index (χ3v) is 3.13. The Morgan fingerprint density at radius 3 is 2.75 bits per heavy atom. The van der Waals surface area contributed by atoms with Crippen LogP contribution in [0.3, 0.4) is 0 Å². The van der Waals surface area contributed by atoms with Crippen LogP contribution in [0.1, 0.15) is 0 Å². The van der Waals surface area contributed by atoms with Gasteiger partial charge in [0.25, 0.3) is 0 Å². The van der Waals surface area contributed by atoms with Gasteiger partial charge in [0.2, 0.25) is 0 Å². The summed E-state index contributed by atoms with van der Waals surface area (Å²) in [6, 6.07) is 7.90. The molecular weight excluding hydrogens is 266 g/mol. The largest absolute Gasteiger partial charge is 0.299 e. The zero-order chi connectivity index (χ0) is 11.0. The van der Waals surface area contributed by atoms with E-state index in [9.17, 15) is 0 Å². The topological polar surface area (TPSA) is 30.2 Å². The number of aromatic nitrogens is 3. The first-order valence-electron chi connectivity index (χ1n) is 4.88. The second-order valence-electron chi connectivity index (χ2n) is 3.43. The van der Waals surface area contributed by atoms with Gasteiger partial charge in [-0.25, -0.2) is 4.98 Å². The normalized spacial score (nSPS) is 10.8. The van der Waals surface area contributed by atoms with Gasteiger partial charge in [0.1, 0.15) is 5.82 Å². The van der Waals surface area contributed by atoms with E-state index < -0.39 is 0 Å². The van der Waals surface area contributed by atoms with Gasteiger partial charge in [-0.05, 0) is 40.2 Å². The predicted octanol–water partition coefficient (Wildman–Crippen LogP) is 3.16. The van der Waals surface area contributed by atoms with E-state index in [4.69, 9.17) is 0 Å². The first kappa shape index (κ1) is 9.54. The number of imidazole rings is 1. The summed E-state index contributed by atoms with van der Waals surface area (Å²) in [6.45, 7) is 0. The third kappa shape index (κ3) is 1.42. The molecule has 0 amide bonds. The van der Waals surface area contributed by atoms with Gasteiger partial charge in [0.05, 0.1) is 11.7 Å². The van der Waals surface area contributed by atoms with E-state index in [-0.39, 0.29) is 0 Å². The van der Waals surface area contributed by atoms with Crippen LogP contribution in [0.4, 0.5) is 0 Å². The zero-order valence-corrected chi connectivity index (χ0v) is 9.92. The monoisotopic (exact) mass is 273 g/mol. The number of nitrogens with zero attached hydrogens (tertiary/aromatic N) is 3. The van der Waals surface area contributed by atoms with E-state index in [2.05, 4.69) is 30.3 Å². The Hall–Kier alpha value is -1.68. The van der Waals surface area contributed by atoms with Crippen LogP contribution in [0.25, 0.3) is 16.9 Å². The maximum atomic E-state index is 4.43. The molecule has 3 heterocycles. The Bertz CT molecular complexity index is 631. The molecule has 0 saturated heterocycles. The fraction of sp³-hybridized carbons (Fsp3) is 0. The van der Waals surface area contributed by atoms with Crippen molar-refractivity contribution in [2.24, 2.45) is 0 Å². The van der Waals surface area contributed by atoms with Gasteiger partial charge in [0.15, 0.2) is 0 Å². The van der Waals surface area contributed by atoms with Crippen molar-refractivity contribution in [2.45, 2.75) is 0 Å². The highest BCUT2D eigenvalue weighted by Crippen LogP contribution is 2.23. The summed E-state index contributed by atoms with van der Waals surface area (Å²) in [5, 5.41) is 0. The van der Waals surface area contributed by atoms with E-state index in [0.717, 1.165) is 21.4 Å². The van der Waals surface area contributed by atoms with Crippen LogP contribution in [0.5, 0.6) is 0 Å². The molecule has 0 aromatic carbocycles. The molecular formula is C12H8BrN3. The molecule has 0 aliphatic rings. The first-order valence-corrected chi connectivity index (χ1v) is 5.67. The summed E-state index contributed by atoms with van der Waals surface area (Å²) in [5.74, 6) is 0.929. The second kappa shape index (κ2) is 3.72. The second-order valence-corrected chi connectivity index (χ2v) is 4.28. The molecule has 78 valence electrons. The smallest absolute Gasteiger partial charge is 0.144 e. The lowest BCUT2D eigenvalue weighted by atomic mass is 10.2. The maximum Gasteiger partial charge on any atom is 0.144 e. The van der Waals surface area contributed by atoms with Crippen LogP contribution in [0.15, 0.2) is 53.5 Å². The molecule has 0 spiro atoms. The van der Waals surface area contributed by atoms with E-state index in [1.165, 1.54) is 0 Å². The SMILES string of the molecule is Brc1cccn2c(-c3ccncc3)ncc12. The van der Waals surface area contributed by atoms with Gasteiger partial charge in [-0.1, -0.05) is 0 Å². The van der Waals surface area contributed by atoms with Crippen molar-refractivity contribution < 1.29 is 0 Å². The molecule has 0 saturated carbocycles. The minimum Gasteiger partial charge on any atom is -0.299 e. The number of halogens is 1. The summed E-state index contributed by atoms with van der Waals surface area (Å²) >= 11 is 3.51. The molecule has 3 aromatic heterocycles. The summed E-state index contributed by atoms with van der Waals surface area (Å²) in [4.78, 5) is 8.44. The Morgan fingerprint density at radius 2 is 1.94 bits per heavy atom. The molecule has 3 nitrogen and oxygen atoms in total. The summed E-state index contributed by atoms with van der Waals surface area (Å²) in [5.41, 5.74) is 2.13. The molecule has 0 N–H and O–H groups in total. The van der Waals surface area contributed by atoms with Crippen molar-refractivity contribution in [3.05, 3.63) is 53.5 Å². The summed E-state index contributed by atoms with van der Waals surface area (Å²) < 4.78 is 3.10. The Balaban J connectivity index is 2.30. The lowest BCUT2D eigenvalue weighted by Crippen LogP contribution is -1.89. The Labute approximate surface area is 101 Å². The van der Waals surface area contributed by atoms with Gasteiger partial charge < -0.3 is 0 Å². The number of fused-ring (bicyclic) bond motifs is 1. The van der Waals surface area contributed by atoms with Crippen LogP contribution in [0, 0.1) is 0 Å². The number of hydrogen-bond acceptors (Lipinski definition) is 2. The molecule has 0 fully saturated rings. The summed E-state index contributed by atoms with van der Waals surface area (Å²) in [6.07, 6.45) is 7.41. The lowest BCUT2D eigenvalue weighted by molar-refractivity contribution is 1.15. The van der Waals surface area contributed by atoms with Crippen molar-refractivity contribution in [2.75, 3.05) is 0 Å². The minimum atomic E-state index is 0.929. The lowest BCUT2D eigenvalue weighted by Gasteiger charge is -2.01. The molecule has 16 heavy (non-hydrogen) atoms. The van der Waals surface area contributed by atoms with Crippen LogP contribution in [-0.2, 0) is 0 Å². The van der Waals surface area contributed by atoms with E-state index >= 15 is 0 Å². The van der Waals surface area contributed by atoms with Crippen molar-refractivity contribution >= 4 is 21.4 Å². The third-order valence-electron chi connectivity index (χ3n) is 2.46. The fourth-order valence-electron chi connectivity index (χ4n) is 1.70. The van der Waals surface area contributed by atoms with E-state index in [1.54, 1.807) is 12.4 Å². The van der Waals surface area contributed by atoms with Gasteiger partial charge in [-0.15, -0.1) is 0 Å². The van der Waals surface area contributed by atoms with Crippen LogP contribution >= 0.6 is 15.9 Å². The number of pyridine rings is 2. The van der Waals surface area contributed by atoms with E-state index in [1.807, 2.05) is 36.7 Å². The number of hydrogen-bond donors (Lipinski definition) is 0. The highest BCUT2D eigenvalue weighted by Gasteiger charge is 2.06. The van der Waals surface area contributed by atoms with E-state index in [0.29, 0.717) is 0 Å². The van der Waals surface area contributed by atoms with Gasteiger partial charge in [-0.3, -0.25) is 9.38 Å². The zero-order valence-electron chi connectivity index (χ0n) is 8.34. The first-order chi connectivity index (χ1) is 7.86. The molecule has 3 aromatic rings. The van der Waals surface area contributed by atoms with Gasteiger partial charge in [-0.2, -0.15) is 0 Å². The highest BCUT2D eigenvalue weighted by atomic mass is 79.9. The summed E-state index contributed by atoms with van der Waals surface area (Å²) in [7, 11) is 0.